The number of carbonyl (C=O) groups excluding carboxylic acids is 1. The van der Waals surface area contributed by atoms with Crippen molar-refractivity contribution in [3.63, 3.8) is 0 Å². The van der Waals surface area contributed by atoms with Crippen LogP contribution >= 0.6 is 0 Å². The number of hydrogen-bond acceptors (Lipinski definition) is 4. The van der Waals surface area contributed by atoms with Gasteiger partial charge in [-0.05, 0) is 29.8 Å². The SMILES string of the molecule is O=Cc1ccc(OCC(O)COCc2ccccc2)cc1. The highest BCUT2D eigenvalue weighted by Gasteiger charge is 2.06. The third-order valence-electron chi connectivity index (χ3n) is 2.88. The Morgan fingerprint density at radius 2 is 1.71 bits per heavy atom. The predicted molar refractivity (Wildman–Crippen MR) is 79.4 cm³/mol. The number of carbonyl (C=O) groups is 1. The minimum absolute atomic E-state index is 0.148. The van der Waals surface area contributed by atoms with Gasteiger partial charge in [-0.3, -0.25) is 4.79 Å². The molecule has 0 heterocycles. The van der Waals surface area contributed by atoms with Crippen LogP contribution < -0.4 is 4.74 Å². The molecule has 0 radical (unpaired) electrons. The average molecular weight is 286 g/mol. The highest BCUT2D eigenvalue weighted by atomic mass is 16.5. The highest BCUT2D eigenvalue weighted by molar-refractivity contribution is 5.74. The molecule has 0 bridgehead atoms. The fourth-order valence-corrected chi connectivity index (χ4v) is 1.77. The van der Waals surface area contributed by atoms with Gasteiger partial charge < -0.3 is 14.6 Å². The van der Waals surface area contributed by atoms with E-state index < -0.39 is 6.10 Å². The Morgan fingerprint density at radius 3 is 2.38 bits per heavy atom. The van der Waals surface area contributed by atoms with Crippen molar-refractivity contribution in [1.29, 1.82) is 0 Å². The fourth-order valence-electron chi connectivity index (χ4n) is 1.77. The zero-order valence-corrected chi connectivity index (χ0v) is 11.6. The van der Waals surface area contributed by atoms with Crippen molar-refractivity contribution in [3.05, 3.63) is 65.7 Å². The maximum absolute atomic E-state index is 10.5. The summed E-state index contributed by atoms with van der Waals surface area (Å²) in [5, 5.41) is 9.78. The number of ether oxygens (including phenoxy) is 2. The van der Waals surface area contributed by atoms with Crippen molar-refractivity contribution in [1.82, 2.24) is 0 Å². The van der Waals surface area contributed by atoms with Crippen LogP contribution in [-0.2, 0) is 11.3 Å². The molecule has 0 saturated heterocycles. The van der Waals surface area contributed by atoms with E-state index in [9.17, 15) is 9.90 Å². The zero-order chi connectivity index (χ0) is 14.9. The van der Waals surface area contributed by atoms with E-state index in [4.69, 9.17) is 9.47 Å². The Bertz CT molecular complexity index is 536. The van der Waals surface area contributed by atoms with E-state index in [-0.39, 0.29) is 13.2 Å². The van der Waals surface area contributed by atoms with Gasteiger partial charge in [0.05, 0.1) is 13.2 Å². The monoisotopic (exact) mass is 286 g/mol. The van der Waals surface area contributed by atoms with Crippen molar-refractivity contribution in [2.75, 3.05) is 13.2 Å². The van der Waals surface area contributed by atoms with Gasteiger partial charge in [0.2, 0.25) is 0 Å². The summed E-state index contributed by atoms with van der Waals surface area (Å²) in [6, 6.07) is 16.5. The maximum atomic E-state index is 10.5. The van der Waals surface area contributed by atoms with Gasteiger partial charge in [0.15, 0.2) is 0 Å². The molecule has 2 aromatic carbocycles. The van der Waals surface area contributed by atoms with Gasteiger partial charge in [0.25, 0.3) is 0 Å². The van der Waals surface area contributed by atoms with Crippen molar-refractivity contribution in [2.24, 2.45) is 0 Å². The first-order valence-electron chi connectivity index (χ1n) is 6.75. The second kappa shape index (κ2) is 8.19. The smallest absolute Gasteiger partial charge is 0.150 e. The summed E-state index contributed by atoms with van der Waals surface area (Å²) in [5.74, 6) is 0.614. The Morgan fingerprint density at radius 1 is 1.00 bits per heavy atom. The molecule has 0 aliphatic carbocycles. The number of rotatable bonds is 8. The topological polar surface area (TPSA) is 55.8 Å². The minimum atomic E-state index is -0.695. The van der Waals surface area contributed by atoms with Crippen LogP contribution in [0.15, 0.2) is 54.6 Å². The molecule has 110 valence electrons. The summed E-state index contributed by atoms with van der Waals surface area (Å²) >= 11 is 0. The number of benzene rings is 2. The van der Waals surface area contributed by atoms with Gasteiger partial charge in [-0.2, -0.15) is 0 Å². The summed E-state index contributed by atoms with van der Waals surface area (Å²) in [5.41, 5.74) is 1.66. The first-order valence-corrected chi connectivity index (χ1v) is 6.75. The van der Waals surface area contributed by atoms with Gasteiger partial charge in [-0.1, -0.05) is 30.3 Å². The van der Waals surface area contributed by atoms with Crippen LogP contribution in [0.1, 0.15) is 15.9 Å². The molecule has 1 N–H and O–H groups in total. The second-order valence-corrected chi connectivity index (χ2v) is 4.65. The molecule has 0 fully saturated rings. The van der Waals surface area contributed by atoms with Crippen LogP contribution in [0.4, 0.5) is 0 Å². The zero-order valence-electron chi connectivity index (χ0n) is 11.6. The normalized spacial score (nSPS) is 11.9. The number of aliphatic hydroxyl groups is 1. The number of aldehydes is 1. The van der Waals surface area contributed by atoms with Crippen molar-refractivity contribution in [2.45, 2.75) is 12.7 Å². The van der Waals surface area contributed by atoms with E-state index in [1.807, 2.05) is 30.3 Å². The molecule has 0 aromatic heterocycles. The van der Waals surface area contributed by atoms with E-state index in [1.165, 1.54) is 0 Å². The second-order valence-electron chi connectivity index (χ2n) is 4.65. The quantitative estimate of drug-likeness (QED) is 0.757. The lowest BCUT2D eigenvalue weighted by Gasteiger charge is -2.13. The molecule has 4 nitrogen and oxygen atoms in total. The van der Waals surface area contributed by atoms with E-state index in [2.05, 4.69) is 0 Å². The van der Waals surface area contributed by atoms with Crippen LogP contribution in [-0.4, -0.2) is 30.7 Å². The lowest BCUT2D eigenvalue weighted by Crippen LogP contribution is -2.23. The molecule has 0 spiro atoms. The van der Waals surface area contributed by atoms with Crippen molar-refractivity contribution in [3.8, 4) is 5.75 Å². The molecular weight excluding hydrogens is 268 g/mol. The van der Waals surface area contributed by atoms with Crippen LogP contribution in [0.3, 0.4) is 0 Å². The van der Waals surface area contributed by atoms with Crippen LogP contribution in [0, 0.1) is 0 Å². The molecule has 2 rings (SSSR count). The molecule has 2 aromatic rings. The molecule has 0 saturated carbocycles. The third kappa shape index (κ3) is 5.38. The largest absolute Gasteiger partial charge is 0.491 e. The van der Waals surface area contributed by atoms with E-state index in [0.717, 1.165) is 11.8 Å². The lowest BCUT2D eigenvalue weighted by atomic mass is 10.2. The molecule has 1 atom stereocenters. The van der Waals surface area contributed by atoms with Crippen molar-refractivity contribution < 1.29 is 19.4 Å². The molecular formula is C17H18O4. The Kier molecular flexibility index (Phi) is 5.94. The highest BCUT2D eigenvalue weighted by Crippen LogP contribution is 2.11. The van der Waals surface area contributed by atoms with Gasteiger partial charge in [-0.25, -0.2) is 0 Å². The molecule has 0 amide bonds. The van der Waals surface area contributed by atoms with E-state index >= 15 is 0 Å². The summed E-state index contributed by atoms with van der Waals surface area (Å²) in [6.45, 7) is 0.822. The minimum Gasteiger partial charge on any atom is -0.491 e. The van der Waals surface area contributed by atoms with Crippen LogP contribution in [0.25, 0.3) is 0 Å². The Hall–Kier alpha value is -2.17. The third-order valence-corrected chi connectivity index (χ3v) is 2.88. The molecule has 4 heteroatoms. The van der Waals surface area contributed by atoms with Gasteiger partial charge in [-0.15, -0.1) is 0 Å². The van der Waals surface area contributed by atoms with Crippen molar-refractivity contribution >= 4 is 6.29 Å². The summed E-state index contributed by atoms with van der Waals surface area (Å²) < 4.78 is 10.9. The first-order chi connectivity index (χ1) is 10.3. The molecule has 0 aliphatic heterocycles. The first kappa shape index (κ1) is 15.2. The summed E-state index contributed by atoms with van der Waals surface area (Å²) in [7, 11) is 0. The maximum Gasteiger partial charge on any atom is 0.150 e. The predicted octanol–water partition coefficient (Wildman–Crippen LogP) is 2.46. The fraction of sp³-hybridized carbons (Fsp3) is 0.235. The Balaban J connectivity index is 1.67. The van der Waals surface area contributed by atoms with E-state index in [0.29, 0.717) is 17.9 Å². The summed E-state index contributed by atoms with van der Waals surface area (Å²) in [4.78, 5) is 10.5. The van der Waals surface area contributed by atoms with Gasteiger partial charge in [0, 0.05) is 5.56 Å². The average Bonchev–Trinajstić information content (AvgIpc) is 2.54. The number of aliphatic hydroxyl groups excluding tert-OH is 1. The standard InChI is InChI=1S/C17H18O4/c18-10-14-6-8-17(9-7-14)21-13-16(19)12-20-11-15-4-2-1-3-5-15/h1-10,16,19H,11-13H2. The number of hydrogen-bond donors (Lipinski definition) is 1. The van der Waals surface area contributed by atoms with E-state index in [1.54, 1.807) is 24.3 Å². The molecule has 1 unspecified atom stereocenters. The molecule has 21 heavy (non-hydrogen) atoms. The van der Waals surface area contributed by atoms with Crippen LogP contribution in [0.5, 0.6) is 5.75 Å². The molecule has 0 aliphatic rings. The lowest BCUT2D eigenvalue weighted by molar-refractivity contribution is 0.00549. The van der Waals surface area contributed by atoms with Crippen LogP contribution in [0.2, 0.25) is 0 Å². The summed E-state index contributed by atoms with van der Waals surface area (Å²) in [6.07, 6.45) is 0.0789. The van der Waals surface area contributed by atoms with Gasteiger partial charge >= 0.3 is 0 Å². The Labute approximate surface area is 123 Å². The van der Waals surface area contributed by atoms with Gasteiger partial charge in [0.1, 0.15) is 24.7 Å².